The second-order valence-electron chi connectivity index (χ2n) is 8.72. The maximum atomic E-state index is 13.1. The molecule has 1 atom stereocenters. The van der Waals surface area contributed by atoms with Gasteiger partial charge in [0.1, 0.15) is 18.7 Å². The van der Waals surface area contributed by atoms with Gasteiger partial charge in [-0.05, 0) is 60.8 Å². The molecule has 2 aromatic heterocycles. The highest BCUT2D eigenvalue weighted by atomic mass is 35.5. The van der Waals surface area contributed by atoms with Crippen molar-refractivity contribution < 1.29 is 13.2 Å². The van der Waals surface area contributed by atoms with Crippen LogP contribution in [-0.2, 0) is 21.4 Å². The number of sulfonamides is 1. The van der Waals surface area contributed by atoms with Gasteiger partial charge in [0.25, 0.3) is 10.0 Å². The van der Waals surface area contributed by atoms with E-state index in [4.69, 9.17) is 11.6 Å². The third kappa shape index (κ3) is 5.00. The largest absolute Gasteiger partial charge is 0.368 e. The summed E-state index contributed by atoms with van der Waals surface area (Å²) in [6.07, 6.45) is 4.66. The molecule has 0 radical (unpaired) electrons. The molecule has 3 heterocycles. The molecular weight excluding hydrogens is 500 g/mol. The van der Waals surface area contributed by atoms with Crippen molar-refractivity contribution in [2.75, 3.05) is 29.3 Å². The molecule has 9 nitrogen and oxygen atoms in total. The predicted octanol–water partition coefficient (Wildman–Crippen LogP) is 3.62. The third-order valence-electron chi connectivity index (χ3n) is 6.32. The summed E-state index contributed by atoms with van der Waals surface area (Å²) in [6, 6.07) is 15.8. The number of hydrogen-bond acceptors (Lipinski definition) is 6. The van der Waals surface area contributed by atoms with Crippen molar-refractivity contribution in [3.05, 3.63) is 78.3 Å². The van der Waals surface area contributed by atoms with Gasteiger partial charge >= 0.3 is 0 Å². The summed E-state index contributed by atoms with van der Waals surface area (Å²) in [5.74, 6) is 0.261. The van der Waals surface area contributed by atoms with Crippen molar-refractivity contribution in [2.24, 2.45) is 0 Å². The summed E-state index contributed by atoms with van der Waals surface area (Å²) in [7, 11) is -3.76. The number of nitrogens with one attached hydrogen (secondary N) is 1. The van der Waals surface area contributed by atoms with Gasteiger partial charge in [-0.3, -0.25) is 9.52 Å². The Kier molecular flexibility index (Phi) is 6.55. The number of carbonyl (C=O) groups excluding carboxylic acids is 1. The minimum Gasteiger partial charge on any atom is -0.368 e. The van der Waals surface area contributed by atoms with Gasteiger partial charge in [0.2, 0.25) is 5.91 Å². The van der Waals surface area contributed by atoms with E-state index in [1.807, 2.05) is 46.9 Å². The highest BCUT2D eigenvalue weighted by molar-refractivity contribution is 7.92. The maximum absolute atomic E-state index is 13.1. The number of piperazine rings is 1. The number of aromatic nitrogens is 3. The van der Waals surface area contributed by atoms with Gasteiger partial charge < -0.3 is 14.4 Å². The van der Waals surface area contributed by atoms with Crippen LogP contribution in [0, 0.1) is 0 Å². The van der Waals surface area contributed by atoms with E-state index in [-0.39, 0.29) is 29.2 Å². The van der Waals surface area contributed by atoms with Gasteiger partial charge in [0.05, 0.1) is 4.90 Å². The Morgan fingerprint density at radius 1 is 1.11 bits per heavy atom. The molecule has 2 aromatic carbocycles. The number of carbonyl (C=O) groups is 1. The van der Waals surface area contributed by atoms with Crippen LogP contribution < -0.4 is 9.62 Å². The summed E-state index contributed by atoms with van der Waals surface area (Å²) >= 11 is 6.15. The molecular formula is C25H25ClN6O3S. The quantitative estimate of drug-likeness (QED) is 0.413. The van der Waals surface area contributed by atoms with Gasteiger partial charge in [-0.15, -0.1) is 0 Å². The van der Waals surface area contributed by atoms with Gasteiger partial charge in [-0.1, -0.05) is 17.7 Å². The van der Waals surface area contributed by atoms with Crippen LogP contribution in [0.3, 0.4) is 0 Å². The van der Waals surface area contributed by atoms with Crippen molar-refractivity contribution in [1.82, 2.24) is 19.4 Å². The first kappa shape index (κ1) is 24.1. The van der Waals surface area contributed by atoms with Crippen LogP contribution in [0.15, 0.2) is 78.2 Å². The number of nitrogens with zero attached hydrogens (tertiary/aromatic N) is 5. The van der Waals surface area contributed by atoms with Crippen molar-refractivity contribution in [1.29, 1.82) is 0 Å². The monoisotopic (exact) mass is 524 g/mol. The van der Waals surface area contributed by atoms with Crippen molar-refractivity contribution in [3.63, 3.8) is 0 Å². The lowest BCUT2D eigenvalue weighted by Crippen LogP contribution is -2.54. The first-order valence-electron chi connectivity index (χ1n) is 11.5. The smallest absolute Gasteiger partial charge is 0.263 e. The highest BCUT2D eigenvalue weighted by Gasteiger charge is 2.28. The van der Waals surface area contributed by atoms with Crippen LogP contribution in [0.1, 0.15) is 6.92 Å². The van der Waals surface area contributed by atoms with Gasteiger partial charge in [-0.2, -0.15) is 0 Å². The first-order chi connectivity index (χ1) is 17.3. The number of anilines is 2. The van der Waals surface area contributed by atoms with Crippen LogP contribution in [0.2, 0.25) is 5.02 Å². The predicted molar refractivity (Wildman–Crippen MR) is 140 cm³/mol. The first-order valence-corrected chi connectivity index (χ1v) is 13.3. The third-order valence-corrected chi connectivity index (χ3v) is 7.93. The average molecular weight is 525 g/mol. The topological polar surface area (TPSA) is 100 Å². The highest BCUT2D eigenvalue weighted by Crippen LogP contribution is 2.24. The average Bonchev–Trinajstić information content (AvgIpc) is 3.26. The summed E-state index contributed by atoms with van der Waals surface area (Å²) in [5.41, 5.74) is 1.84. The molecule has 11 heteroatoms. The lowest BCUT2D eigenvalue weighted by atomic mass is 10.1. The fourth-order valence-corrected chi connectivity index (χ4v) is 5.65. The zero-order valence-corrected chi connectivity index (χ0v) is 21.2. The number of rotatable bonds is 6. The Morgan fingerprint density at radius 3 is 2.64 bits per heavy atom. The fraction of sp³-hybridized carbons (Fsp3) is 0.240. The van der Waals surface area contributed by atoms with Crippen molar-refractivity contribution in [2.45, 2.75) is 24.4 Å². The fourth-order valence-electron chi connectivity index (χ4n) is 4.48. The van der Waals surface area contributed by atoms with E-state index in [0.717, 1.165) is 16.6 Å². The van der Waals surface area contributed by atoms with Gasteiger partial charge in [-0.25, -0.2) is 18.4 Å². The Balaban J connectivity index is 1.23. The number of amides is 1. The molecule has 1 fully saturated rings. The molecule has 0 bridgehead atoms. The normalized spacial score (nSPS) is 16.3. The molecule has 1 aliphatic heterocycles. The molecule has 1 amide bonds. The Bertz CT molecular complexity index is 1490. The standard InChI is InChI=1S/C25H25ClN6O3S/c1-18-15-30(21-4-6-22(7-5-21)36(34,35)29-24-8-10-27-17-28-24)12-13-32(18)25(33)16-31-11-9-19-2-3-20(26)14-23(19)31/h2-11,14,17-18H,12-13,15-16H2,1H3,(H,27,28,29)/t18-/m1/s1. The Morgan fingerprint density at radius 2 is 1.92 bits per heavy atom. The van der Waals surface area contributed by atoms with E-state index in [9.17, 15) is 13.2 Å². The summed E-state index contributed by atoms with van der Waals surface area (Å²) in [5, 5.41) is 1.68. The molecule has 4 aromatic rings. The molecule has 0 aliphatic carbocycles. The van der Waals surface area contributed by atoms with Crippen molar-refractivity contribution in [3.8, 4) is 0 Å². The molecule has 0 saturated carbocycles. The van der Waals surface area contributed by atoms with E-state index >= 15 is 0 Å². The second-order valence-corrected chi connectivity index (χ2v) is 10.8. The lowest BCUT2D eigenvalue weighted by Gasteiger charge is -2.41. The zero-order chi connectivity index (χ0) is 25.3. The van der Waals surface area contributed by atoms with Crippen LogP contribution >= 0.6 is 11.6 Å². The molecule has 1 N–H and O–H groups in total. The maximum Gasteiger partial charge on any atom is 0.263 e. The van der Waals surface area contributed by atoms with Crippen molar-refractivity contribution >= 4 is 49.9 Å². The van der Waals surface area contributed by atoms with Crippen LogP contribution in [0.4, 0.5) is 11.5 Å². The van der Waals surface area contributed by atoms with Crippen LogP contribution in [-0.4, -0.2) is 59.4 Å². The lowest BCUT2D eigenvalue weighted by molar-refractivity contribution is -0.134. The summed E-state index contributed by atoms with van der Waals surface area (Å²) < 4.78 is 29.7. The number of hydrogen-bond donors (Lipinski definition) is 1. The molecule has 0 unspecified atom stereocenters. The van der Waals surface area contributed by atoms with E-state index in [1.54, 1.807) is 24.3 Å². The number of halogens is 1. The Labute approximate surface area is 214 Å². The zero-order valence-electron chi connectivity index (χ0n) is 19.6. The number of fused-ring (bicyclic) bond motifs is 1. The van der Waals surface area contributed by atoms with Gasteiger partial charge in [0, 0.05) is 54.3 Å². The molecule has 1 aliphatic rings. The molecule has 36 heavy (non-hydrogen) atoms. The van der Waals surface area contributed by atoms with E-state index in [0.29, 0.717) is 24.7 Å². The summed E-state index contributed by atoms with van der Waals surface area (Å²) in [4.78, 5) is 25.0. The Hall–Kier alpha value is -3.63. The van der Waals surface area contributed by atoms with Gasteiger partial charge in [0.15, 0.2) is 0 Å². The molecule has 5 rings (SSSR count). The van der Waals surface area contributed by atoms with Crippen LogP contribution in [0.25, 0.3) is 10.9 Å². The molecule has 186 valence electrons. The minimum atomic E-state index is -3.76. The number of benzene rings is 2. The van der Waals surface area contributed by atoms with E-state index in [1.165, 1.54) is 18.6 Å². The SMILES string of the molecule is C[C@@H]1CN(c2ccc(S(=O)(=O)Nc3ccncn3)cc2)CCN1C(=O)Cn1ccc2ccc(Cl)cc21. The molecule has 0 spiro atoms. The van der Waals surface area contributed by atoms with E-state index in [2.05, 4.69) is 19.6 Å². The molecule has 1 saturated heterocycles. The van der Waals surface area contributed by atoms with Crippen LogP contribution in [0.5, 0.6) is 0 Å². The summed E-state index contributed by atoms with van der Waals surface area (Å²) in [6.45, 7) is 4.16. The second kappa shape index (κ2) is 9.79. The van der Waals surface area contributed by atoms with E-state index < -0.39 is 10.0 Å². The minimum absolute atomic E-state index is 0.000459.